The molecule has 1 N–H and O–H groups in total. The Labute approximate surface area is 122 Å². The van der Waals surface area contributed by atoms with Gasteiger partial charge in [-0.1, -0.05) is 17.8 Å². The largest absolute Gasteiger partial charge is 0.344 e. The number of amides is 1. The molecule has 0 saturated carbocycles. The lowest BCUT2D eigenvalue weighted by Gasteiger charge is -2.11. The highest BCUT2D eigenvalue weighted by molar-refractivity contribution is 7.08. The summed E-state index contributed by atoms with van der Waals surface area (Å²) >= 11 is 1.14. The van der Waals surface area contributed by atoms with Crippen LogP contribution in [0.1, 0.15) is 54.4 Å². The van der Waals surface area contributed by atoms with Crippen molar-refractivity contribution in [3.63, 3.8) is 0 Å². The van der Waals surface area contributed by atoms with Crippen LogP contribution < -0.4 is 5.32 Å². The van der Waals surface area contributed by atoms with Crippen LogP contribution in [0.2, 0.25) is 0 Å². The van der Waals surface area contributed by atoms with Gasteiger partial charge in [0.25, 0.3) is 5.91 Å². The zero-order valence-corrected chi connectivity index (χ0v) is 12.8. The Kier molecular flexibility index (Phi) is 4.84. The normalized spacial score (nSPS) is 11.0. The Bertz CT molecular complexity index is 575. The van der Waals surface area contributed by atoms with Gasteiger partial charge < -0.3 is 9.88 Å². The van der Waals surface area contributed by atoms with Gasteiger partial charge in [0.05, 0.1) is 12.2 Å². The van der Waals surface area contributed by atoms with E-state index in [0.29, 0.717) is 17.5 Å². The summed E-state index contributed by atoms with van der Waals surface area (Å²) in [5.41, 5.74) is 0.780. The zero-order valence-electron chi connectivity index (χ0n) is 12.0. The van der Waals surface area contributed by atoms with Crippen molar-refractivity contribution in [3.8, 4) is 0 Å². The number of nitrogens with zero attached hydrogens (tertiary/aromatic N) is 4. The van der Waals surface area contributed by atoms with Gasteiger partial charge in [-0.15, -0.1) is 5.10 Å². The molecule has 1 amide bonds. The van der Waals surface area contributed by atoms with E-state index < -0.39 is 0 Å². The lowest BCUT2D eigenvalue weighted by molar-refractivity contribution is 0.0952. The second-order valence-corrected chi connectivity index (χ2v) is 5.58. The van der Waals surface area contributed by atoms with Crippen molar-refractivity contribution >= 4 is 17.4 Å². The number of nitrogens with one attached hydrogen (secondary N) is 1. The summed E-state index contributed by atoms with van der Waals surface area (Å²) in [4.78, 5) is 17.0. The number of aryl methyl sites for hydroxylation is 1. The van der Waals surface area contributed by atoms with Gasteiger partial charge in [0.2, 0.25) is 0 Å². The highest BCUT2D eigenvalue weighted by Gasteiger charge is 2.16. The number of carbonyl (C=O) groups excluding carboxylic acids is 1. The molecular formula is C13H19N5OS. The van der Waals surface area contributed by atoms with Crippen molar-refractivity contribution in [2.45, 2.75) is 46.2 Å². The fourth-order valence-electron chi connectivity index (χ4n) is 1.97. The minimum absolute atomic E-state index is 0.123. The first-order valence-corrected chi connectivity index (χ1v) is 7.52. The second-order valence-electron chi connectivity index (χ2n) is 4.83. The monoisotopic (exact) mass is 293 g/mol. The molecule has 0 fully saturated rings. The van der Waals surface area contributed by atoms with Crippen LogP contribution in [0.4, 0.5) is 0 Å². The molecule has 0 bridgehead atoms. The van der Waals surface area contributed by atoms with Crippen LogP contribution in [-0.2, 0) is 13.0 Å². The quantitative estimate of drug-likeness (QED) is 0.886. The number of hydrogen-bond acceptors (Lipinski definition) is 5. The van der Waals surface area contributed by atoms with E-state index >= 15 is 0 Å². The summed E-state index contributed by atoms with van der Waals surface area (Å²) in [6, 6.07) is 0.324. The Balaban J connectivity index is 2.01. The van der Waals surface area contributed by atoms with Gasteiger partial charge in [0.1, 0.15) is 10.7 Å². The van der Waals surface area contributed by atoms with Gasteiger partial charge in [-0.2, -0.15) is 0 Å². The Morgan fingerprint density at radius 2 is 2.30 bits per heavy atom. The maximum atomic E-state index is 12.2. The van der Waals surface area contributed by atoms with Crippen molar-refractivity contribution in [2.75, 3.05) is 0 Å². The van der Waals surface area contributed by atoms with Crippen LogP contribution in [0.25, 0.3) is 0 Å². The molecule has 0 aliphatic heterocycles. The molecule has 2 rings (SSSR count). The maximum absolute atomic E-state index is 12.2. The highest BCUT2D eigenvalue weighted by Crippen LogP contribution is 2.13. The molecule has 0 atom stereocenters. The molecule has 20 heavy (non-hydrogen) atoms. The molecule has 6 nitrogen and oxygen atoms in total. The average molecular weight is 293 g/mol. The number of aromatic nitrogens is 4. The van der Waals surface area contributed by atoms with E-state index in [2.05, 4.69) is 40.7 Å². The van der Waals surface area contributed by atoms with Gasteiger partial charge in [-0.25, -0.2) is 4.98 Å². The molecule has 0 saturated heterocycles. The van der Waals surface area contributed by atoms with Crippen LogP contribution >= 0.6 is 11.5 Å². The summed E-state index contributed by atoms with van der Waals surface area (Å²) in [5.74, 6) is 0.727. The molecule has 0 aliphatic carbocycles. The van der Waals surface area contributed by atoms with E-state index in [-0.39, 0.29) is 5.91 Å². The second kappa shape index (κ2) is 6.60. The van der Waals surface area contributed by atoms with Crippen molar-refractivity contribution in [1.29, 1.82) is 0 Å². The average Bonchev–Trinajstić information content (AvgIpc) is 3.04. The van der Waals surface area contributed by atoms with Crippen LogP contribution in [0.3, 0.4) is 0 Å². The summed E-state index contributed by atoms with van der Waals surface area (Å²) in [5, 5.41) is 6.89. The first kappa shape index (κ1) is 14.6. The first-order chi connectivity index (χ1) is 9.63. The third-order valence-electron chi connectivity index (χ3n) is 2.96. The van der Waals surface area contributed by atoms with E-state index in [9.17, 15) is 4.79 Å². The smallest absolute Gasteiger partial charge is 0.265 e. The summed E-state index contributed by atoms with van der Waals surface area (Å²) in [6.07, 6.45) is 5.39. The number of carbonyl (C=O) groups is 1. The maximum Gasteiger partial charge on any atom is 0.265 e. The third-order valence-corrected chi connectivity index (χ3v) is 3.73. The minimum Gasteiger partial charge on any atom is -0.344 e. The summed E-state index contributed by atoms with van der Waals surface area (Å²) < 4.78 is 5.90. The predicted molar refractivity (Wildman–Crippen MR) is 77.7 cm³/mol. The van der Waals surface area contributed by atoms with Crippen molar-refractivity contribution in [3.05, 3.63) is 28.8 Å². The topological polar surface area (TPSA) is 72.7 Å². The van der Waals surface area contributed by atoms with Crippen molar-refractivity contribution < 1.29 is 4.79 Å². The SMILES string of the molecule is CCCc1nnsc1C(=O)NCc1nccn1C(C)C. The van der Waals surface area contributed by atoms with Crippen LogP contribution in [0, 0.1) is 0 Å². The standard InChI is InChI=1S/C13H19N5OS/c1-4-5-10-12(20-17-16-10)13(19)15-8-11-14-6-7-18(11)9(2)3/h6-7,9H,4-5,8H2,1-3H3,(H,15,19). The lowest BCUT2D eigenvalue weighted by atomic mass is 10.2. The van der Waals surface area contributed by atoms with Gasteiger partial charge in [0, 0.05) is 18.4 Å². The molecule has 7 heteroatoms. The lowest BCUT2D eigenvalue weighted by Crippen LogP contribution is -2.25. The molecular weight excluding hydrogens is 274 g/mol. The Morgan fingerprint density at radius 3 is 3.00 bits per heavy atom. The molecule has 0 spiro atoms. The van der Waals surface area contributed by atoms with Gasteiger partial charge >= 0.3 is 0 Å². The summed E-state index contributed by atoms with van der Waals surface area (Å²) in [7, 11) is 0. The Morgan fingerprint density at radius 1 is 1.50 bits per heavy atom. The third kappa shape index (κ3) is 3.22. The number of rotatable bonds is 6. The Hall–Kier alpha value is -1.76. The molecule has 0 aliphatic rings. The molecule has 2 aromatic heterocycles. The van der Waals surface area contributed by atoms with Crippen molar-refractivity contribution in [1.82, 2.24) is 24.5 Å². The molecule has 0 radical (unpaired) electrons. The van der Waals surface area contributed by atoms with Gasteiger partial charge in [-0.05, 0) is 31.8 Å². The van der Waals surface area contributed by atoms with Crippen LogP contribution in [0.5, 0.6) is 0 Å². The molecule has 108 valence electrons. The minimum atomic E-state index is -0.123. The van der Waals surface area contributed by atoms with Crippen LogP contribution in [0.15, 0.2) is 12.4 Å². The number of hydrogen-bond donors (Lipinski definition) is 1. The van der Waals surface area contributed by atoms with E-state index in [1.54, 1.807) is 6.20 Å². The number of imidazole rings is 1. The first-order valence-electron chi connectivity index (χ1n) is 6.74. The van der Waals surface area contributed by atoms with E-state index in [4.69, 9.17) is 0 Å². The van der Waals surface area contributed by atoms with Gasteiger partial charge in [0.15, 0.2) is 0 Å². The van der Waals surface area contributed by atoms with Crippen molar-refractivity contribution in [2.24, 2.45) is 0 Å². The van der Waals surface area contributed by atoms with Crippen LogP contribution in [-0.4, -0.2) is 25.0 Å². The van der Waals surface area contributed by atoms with E-state index in [1.165, 1.54) is 0 Å². The fraction of sp³-hybridized carbons (Fsp3) is 0.538. The zero-order chi connectivity index (χ0) is 14.5. The summed E-state index contributed by atoms with van der Waals surface area (Å²) in [6.45, 7) is 6.63. The molecule has 0 unspecified atom stereocenters. The fourth-order valence-corrected chi connectivity index (χ4v) is 2.60. The molecule has 2 aromatic rings. The molecule has 2 heterocycles. The predicted octanol–water partition coefficient (Wildman–Crippen LogP) is 2.20. The van der Waals surface area contributed by atoms with E-state index in [0.717, 1.165) is 35.9 Å². The van der Waals surface area contributed by atoms with Gasteiger partial charge in [-0.3, -0.25) is 4.79 Å². The highest BCUT2D eigenvalue weighted by atomic mass is 32.1. The van der Waals surface area contributed by atoms with E-state index in [1.807, 2.05) is 10.8 Å². The molecule has 0 aromatic carbocycles.